The molecule has 0 amide bonds. The van der Waals surface area contributed by atoms with Gasteiger partial charge in [-0.15, -0.1) is 0 Å². The third-order valence-corrected chi connectivity index (χ3v) is 3.83. The summed E-state index contributed by atoms with van der Waals surface area (Å²) in [7, 11) is 3.86. The van der Waals surface area contributed by atoms with Crippen LogP contribution in [0.3, 0.4) is 0 Å². The molecule has 1 atom stereocenters. The van der Waals surface area contributed by atoms with Gasteiger partial charge in [0.2, 0.25) is 0 Å². The average Bonchev–Trinajstić information content (AvgIpc) is 2.35. The summed E-state index contributed by atoms with van der Waals surface area (Å²) < 4.78 is 10.9. The molecule has 0 bridgehead atoms. The van der Waals surface area contributed by atoms with Crippen molar-refractivity contribution in [3.8, 4) is 0 Å². The molecule has 0 fully saturated rings. The maximum absolute atomic E-state index is 12.5. The van der Waals surface area contributed by atoms with E-state index >= 15 is 0 Å². The number of carbonyl (C=O) groups is 2. The molecule has 0 heterocycles. The smallest absolute Gasteiger partial charge is 0.312 e. The first-order valence-corrected chi connectivity index (χ1v) is 8.29. The lowest BCUT2D eigenvalue weighted by Crippen LogP contribution is -2.41. The molecule has 0 aliphatic heterocycles. The number of nitrogens with zero attached hydrogens (tertiary/aromatic N) is 1. The minimum Gasteiger partial charge on any atom is -0.464 e. The molecule has 0 aromatic heterocycles. The van der Waals surface area contributed by atoms with E-state index in [0.29, 0.717) is 26.0 Å². The van der Waals surface area contributed by atoms with Crippen molar-refractivity contribution in [2.45, 2.75) is 66.9 Å². The highest BCUT2D eigenvalue weighted by molar-refractivity contribution is 5.80. The van der Waals surface area contributed by atoms with E-state index in [1.165, 1.54) is 0 Å². The molecule has 0 saturated heterocycles. The van der Waals surface area contributed by atoms with Crippen molar-refractivity contribution in [2.24, 2.45) is 10.8 Å². The van der Waals surface area contributed by atoms with Crippen LogP contribution in [0.5, 0.6) is 0 Å². The van der Waals surface area contributed by atoms with Crippen LogP contribution in [0.25, 0.3) is 0 Å². The fourth-order valence-electron chi connectivity index (χ4n) is 2.30. The predicted molar refractivity (Wildman–Crippen MR) is 92.2 cm³/mol. The van der Waals surface area contributed by atoms with Gasteiger partial charge in [0.25, 0.3) is 0 Å². The van der Waals surface area contributed by atoms with Crippen LogP contribution in [0.15, 0.2) is 0 Å². The molecular formula is C18H35NO4. The van der Waals surface area contributed by atoms with E-state index in [0.717, 1.165) is 0 Å². The Labute approximate surface area is 141 Å². The Balaban J connectivity index is 4.93. The van der Waals surface area contributed by atoms with Gasteiger partial charge in [0, 0.05) is 6.54 Å². The van der Waals surface area contributed by atoms with Gasteiger partial charge in [-0.05, 0) is 68.5 Å². The molecule has 0 N–H and O–H groups in total. The fraction of sp³-hybridized carbons (Fsp3) is 0.889. The molecule has 0 spiro atoms. The Morgan fingerprint density at radius 2 is 1.48 bits per heavy atom. The Morgan fingerprint density at radius 3 is 1.87 bits per heavy atom. The van der Waals surface area contributed by atoms with Crippen LogP contribution in [0.2, 0.25) is 0 Å². The van der Waals surface area contributed by atoms with Crippen LogP contribution in [0, 0.1) is 10.8 Å². The summed E-state index contributed by atoms with van der Waals surface area (Å²) in [5.41, 5.74) is -1.99. The summed E-state index contributed by atoms with van der Waals surface area (Å²) in [6.45, 7) is 14.0. The summed E-state index contributed by atoms with van der Waals surface area (Å²) >= 11 is 0. The number of carbonyl (C=O) groups excluding carboxylic acids is 2. The quantitative estimate of drug-likeness (QED) is 0.640. The summed E-state index contributed by atoms with van der Waals surface area (Å²) in [5.74, 6) is -0.538. The minimum absolute atomic E-state index is 0.251. The lowest BCUT2D eigenvalue weighted by atomic mass is 9.72. The fourth-order valence-corrected chi connectivity index (χ4v) is 2.30. The van der Waals surface area contributed by atoms with Gasteiger partial charge >= 0.3 is 11.9 Å². The van der Waals surface area contributed by atoms with Crippen LogP contribution in [0.1, 0.15) is 61.3 Å². The molecule has 0 saturated carbocycles. The zero-order valence-electron chi connectivity index (χ0n) is 16.4. The Morgan fingerprint density at radius 1 is 0.957 bits per heavy atom. The predicted octanol–water partition coefficient (Wildman–Crippen LogP) is 3.27. The van der Waals surface area contributed by atoms with Crippen LogP contribution in [0.4, 0.5) is 0 Å². The van der Waals surface area contributed by atoms with Gasteiger partial charge < -0.3 is 14.4 Å². The molecule has 0 aliphatic rings. The van der Waals surface area contributed by atoms with E-state index in [4.69, 9.17) is 9.47 Å². The first-order valence-electron chi connectivity index (χ1n) is 8.29. The highest BCUT2D eigenvalue weighted by Gasteiger charge is 2.43. The van der Waals surface area contributed by atoms with Crippen LogP contribution in [-0.4, -0.2) is 49.7 Å². The SMILES string of the molecule is CCC(C)(CC(C)(C)C(=O)OC(C)(C)C)C(=O)OCCN(C)C. The average molecular weight is 329 g/mol. The highest BCUT2D eigenvalue weighted by Crippen LogP contribution is 2.39. The van der Waals surface area contributed by atoms with E-state index in [-0.39, 0.29) is 11.9 Å². The first-order chi connectivity index (χ1) is 10.2. The molecule has 0 aliphatic carbocycles. The second-order valence-corrected chi connectivity index (χ2v) is 8.42. The van der Waals surface area contributed by atoms with Gasteiger partial charge in [-0.25, -0.2) is 0 Å². The van der Waals surface area contributed by atoms with Crippen LogP contribution < -0.4 is 0 Å². The van der Waals surface area contributed by atoms with Gasteiger partial charge in [0.1, 0.15) is 12.2 Å². The van der Waals surface area contributed by atoms with Crippen molar-refractivity contribution in [3.63, 3.8) is 0 Å². The zero-order valence-corrected chi connectivity index (χ0v) is 16.4. The molecule has 0 aromatic carbocycles. The first kappa shape index (κ1) is 21.9. The highest BCUT2D eigenvalue weighted by atomic mass is 16.6. The van der Waals surface area contributed by atoms with Crippen molar-refractivity contribution in [1.29, 1.82) is 0 Å². The Hall–Kier alpha value is -1.10. The van der Waals surface area contributed by atoms with Crippen molar-refractivity contribution in [1.82, 2.24) is 4.90 Å². The standard InChI is InChI=1S/C18H35NO4/c1-10-18(7,15(21)22-12-11-19(8)9)13-17(5,6)14(20)23-16(2,3)4/h10-13H2,1-9H3. The van der Waals surface area contributed by atoms with Crippen LogP contribution >= 0.6 is 0 Å². The number of ether oxygens (including phenoxy) is 2. The van der Waals surface area contributed by atoms with E-state index in [1.807, 2.05) is 67.5 Å². The number of hydrogen-bond donors (Lipinski definition) is 0. The third-order valence-electron chi connectivity index (χ3n) is 3.83. The number of likely N-dealkylation sites (N-methyl/N-ethyl adjacent to an activating group) is 1. The summed E-state index contributed by atoms with van der Waals surface area (Å²) in [6, 6.07) is 0. The molecule has 0 radical (unpaired) electrons. The minimum atomic E-state index is -0.751. The maximum atomic E-state index is 12.5. The van der Waals surface area contributed by atoms with Gasteiger partial charge in [-0.3, -0.25) is 9.59 Å². The monoisotopic (exact) mass is 329 g/mol. The molecule has 1 unspecified atom stereocenters. The van der Waals surface area contributed by atoms with E-state index in [1.54, 1.807) is 0 Å². The third kappa shape index (κ3) is 7.82. The Bertz CT molecular complexity index is 410. The number of esters is 2. The largest absolute Gasteiger partial charge is 0.464 e. The van der Waals surface area contributed by atoms with Crippen molar-refractivity contribution < 1.29 is 19.1 Å². The summed E-state index contributed by atoms with van der Waals surface area (Å²) in [5, 5.41) is 0. The summed E-state index contributed by atoms with van der Waals surface area (Å²) in [6.07, 6.45) is 1.01. The van der Waals surface area contributed by atoms with Crippen LogP contribution in [-0.2, 0) is 19.1 Å². The second-order valence-electron chi connectivity index (χ2n) is 8.42. The van der Waals surface area contributed by atoms with Gasteiger partial charge in [-0.2, -0.15) is 0 Å². The van der Waals surface area contributed by atoms with Crippen molar-refractivity contribution >= 4 is 11.9 Å². The molecule has 5 heteroatoms. The molecule has 136 valence electrons. The number of rotatable bonds is 8. The van der Waals surface area contributed by atoms with Gasteiger partial charge in [0.15, 0.2) is 0 Å². The van der Waals surface area contributed by atoms with Crippen molar-refractivity contribution in [3.05, 3.63) is 0 Å². The van der Waals surface area contributed by atoms with Crippen molar-refractivity contribution in [2.75, 3.05) is 27.2 Å². The molecule has 0 rings (SSSR count). The number of hydrogen-bond acceptors (Lipinski definition) is 5. The van der Waals surface area contributed by atoms with Gasteiger partial charge in [0.05, 0.1) is 10.8 Å². The lowest BCUT2D eigenvalue weighted by Gasteiger charge is -2.35. The van der Waals surface area contributed by atoms with E-state index in [2.05, 4.69) is 0 Å². The van der Waals surface area contributed by atoms with E-state index in [9.17, 15) is 9.59 Å². The molecule has 5 nitrogen and oxygen atoms in total. The topological polar surface area (TPSA) is 55.8 Å². The summed E-state index contributed by atoms with van der Waals surface area (Å²) in [4.78, 5) is 26.8. The lowest BCUT2D eigenvalue weighted by molar-refractivity contribution is -0.170. The molecule has 23 heavy (non-hydrogen) atoms. The van der Waals surface area contributed by atoms with E-state index < -0.39 is 16.4 Å². The normalized spacial score (nSPS) is 15.2. The molecular weight excluding hydrogens is 294 g/mol. The van der Waals surface area contributed by atoms with Gasteiger partial charge in [-0.1, -0.05) is 6.92 Å². The zero-order chi connectivity index (χ0) is 18.5. The Kier molecular flexibility index (Phi) is 7.74. The maximum Gasteiger partial charge on any atom is 0.312 e. The molecule has 0 aromatic rings. The second kappa shape index (κ2) is 8.13.